The Hall–Kier alpha value is -2.63. The van der Waals surface area contributed by atoms with E-state index in [0.717, 1.165) is 92.4 Å². The van der Waals surface area contributed by atoms with Gasteiger partial charge >= 0.3 is 0 Å². The van der Waals surface area contributed by atoms with E-state index in [1.165, 1.54) is 5.56 Å². The van der Waals surface area contributed by atoms with Crippen molar-refractivity contribution >= 4 is 34.2 Å². The molecule has 0 spiro atoms. The summed E-state index contributed by atoms with van der Waals surface area (Å²) in [6.07, 6.45) is 3.29. The number of anilines is 1. The largest absolute Gasteiger partial charge is 0.356 e. The summed E-state index contributed by atoms with van der Waals surface area (Å²) in [6, 6.07) is 18.2. The zero-order valence-corrected chi connectivity index (χ0v) is 19.1. The fourth-order valence-corrected chi connectivity index (χ4v) is 4.91. The second kappa shape index (κ2) is 9.47. The molecule has 3 heterocycles. The maximum atomic E-state index is 13.7. The number of hydrogen-bond donors (Lipinski definition) is 0. The molecule has 5 nitrogen and oxygen atoms in total. The van der Waals surface area contributed by atoms with Crippen LogP contribution in [0.3, 0.4) is 0 Å². The van der Waals surface area contributed by atoms with Crippen LogP contribution in [0, 0.1) is 0 Å². The van der Waals surface area contributed by atoms with Crippen LogP contribution in [0.5, 0.6) is 0 Å². The number of rotatable bonds is 4. The van der Waals surface area contributed by atoms with Crippen molar-refractivity contribution in [3.05, 3.63) is 70.7 Å². The summed E-state index contributed by atoms with van der Waals surface area (Å²) in [5.74, 6) is 0.965. The molecule has 2 aromatic carbocycles. The van der Waals surface area contributed by atoms with Gasteiger partial charge in [-0.15, -0.1) is 0 Å². The molecule has 0 saturated carbocycles. The van der Waals surface area contributed by atoms with E-state index in [-0.39, 0.29) is 5.91 Å². The second-order valence-corrected chi connectivity index (χ2v) is 9.23. The molecule has 2 fully saturated rings. The third-order valence-corrected chi connectivity index (χ3v) is 6.79. The normalized spacial score (nSPS) is 17.7. The van der Waals surface area contributed by atoms with Gasteiger partial charge in [0.05, 0.1) is 11.1 Å². The number of carbonyl (C=O) groups excluding carboxylic acids is 1. The van der Waals surface area contributed by atoms with Gasteiger partial charge in [0.15, 0.2) is 0 Å². The number of carbonyl (C=O) groups is 1. The molecule has 2 aliphatic rings. The van der Waals surface area contributed by atoms with Crippen molar-refractivity contribution in [3.8, 4) is 0 Å². The van der Waals surface area contributed by atoms with Gasteiger partial charge in [-0.3, -0.25) is 9.69 Å². The summed E-state index contributed by atoms with van der Waals surface area (Å²) in [5.41, 5.74) is 2.96. The fourth-order valence-electron chi connectivity index (χ4n) is 4.78. The average molecular weight is 449 g/mol. The third kappa shape index (κ3) is 4.59. The van der Waals surface area contributed by atoms with Crippen LogP contribution < -0.4 is 4.90 Å². The molecule has 2 saturated heterocycles. The lowest BCUT2D eigenvalue weighted by Crippen LogP contribution is -2.36. The lowest BCUT2D eigenvalue weighted by molar-refractivity contribution is 0.0761. The van der Waals surface area contributed by atoms with Crippen molar-refractivity contribution in [2.24, 2.45) is 0 Å². The predicted octanol–water partition coefficient (Wildman–Crippen LogP) is 4.84. The fraction of sp³-hybridized carbons (Fsp3) is 0.385. The molecular formula is C26H29ClN4O. The highest BCUT2D eigenvalue weighted by molar-refractivity contribution is 6.30. The quantitative estimate of drug-likeness (QED) is 0.572. The van der Waals surface area contributed by atoms with Gasteiger partial charge in [0.1, 0.15) is 5.82 Å². The highest BCUT2D eigenvalue weighted by Crippen LogP contribution is 2.28. The van der Waals surface area contributed by atoms with Crippen molar-refractivity contribution in [2.45, 2.75) is 25.8 Å². The molecule has 1 amide bonds. The number of nitrogens with zero attached hydrogens (tertiary/aromatic N) is 4. The van der Waals surface area contributed by atoms with Crippen LogP contribution in [0.1, 0.15) is 35.2 Å². The van der Waals surface area contributed by atoms with E-state index < -0.39 is 0 Å². The molecule has 6 heteroatoms. The third-order valence-electron chi connectivity index (χ3n) is 6.54. The summed E-state index contributed by atoms with van der Waals surface area (Å²) in [7, 11) is 0. The highest BCUT2D eigenvalue weighted by Gasteiger charge is 2.26. The Morgan fingerprint density at radius 3 is 2.47 bits per heavy atom. The highest BCUT2D eigenvalue weighted by atomic mass is 35.5. The minimum Gasteiger partial charge on any atom is -0.356 e. The Morgan fingerprint density at radius 1 is 0.875 bits per heavy atom. The van der Waals surface area contributed by atoms with Crippen LogP contribution in [0.25, 0.3) is 10.9 Å². The molecule has 0 unspecified atom stereocenters. The van der Waals surface area contributed by atoms with Crippen LogP contribution in [0.15, 0.2) is 54.6 Å². The Bertz CT molecular complexity index is 1090. The molecule has 0 radical (unpaired) electrons. The number of pyridine rings is 1. The summed E-state index contributed by atoms with van der Waals surface area (Å²) in [4.78, 5) is 25.4. The van der Waals surface area contributed by atoms with Crippen LogP contribution >= 0.6 is 11.6 Å². The van der Waals surface area contributed by atoms with Gasteiger partial charge in [0.2, 0.25) is 0 Å². The zero-order chi connectivity index (χ0) is 21.9. The minimum atomic E-state index is 0.110. The lowest BCUT2D eigenvalue weighted by atomic mass is 10.1. The molecule has 0 atom stereocenters. The van der Waals surface area contributed by atoms with Crippen LogP contribution in [-0.2, 0) is 6.54 Å². The molecule has 166 valence electrons. The molecule has 1 aromatic heterocycles. The van der Waals surface area contributed by atoms with Gasteiger partial charge in [-0.05, 0) is 49.1 Å². The van der Waals surface area contributed by atoms with Gasteiger partial charge in [-0.2, -0.15) is 0 Å². The Labute approximate surface area is 194 Å². The Morgan fingerprint density at radius 2 is 1.66 bits per heavy atom. The molecule has 5 rings (SSSR count). The molecule has 2 aliphatic heterocycles. The number of benzene rings is 2. The predicted molar refractivity (Wildman–Crippen MR) is 130 cm³/mol. The number of amides is 1. The number of para-hydroxylation sites is 1. The number of fused-ring (bicyclic) bond motifs is 1. The van der Waals surface area contributed by atoms with E-state index in [1.807, 2.05) is 41.3 Å². The number of aromatic nitrogens is 1. The Balaban J connectivity index is 1.35. The van der Waals surface area contributed by atoms with E-state index in [4.69, 9.17) is 16.6 Å². The van der Waals surface area contributed by atoms with Crippen molar-refractivity contribution < 1.29 is 4.79 Å². The van der Waals surface area contributed by atoms with E-state index in [0.29, 0.717) is 0 Å². The van der Waals surface area contributed by atoms with Crippen LogP contribution in [0.4, 0.5) is 5.82 Å². The van der Waals surface area contributed by atoms with Gasteiger partial charge in [0, 0.05) is 56.2 Å². The average Bonchev–Trinajstić information content (AvgIpc) is 3.26. The molecule has 0 N–H and O–H groups in total. The van der Waals surface area contributed by atoms with E-state index in [1.54, 1.807) is 0 Å². The first kappa shape index (κ1) is 21.2. The molecule has 0 bridgehead atoms. The molecular weight excluding hydrogens is 420 g/mol. The van der Waals surface area contributed by atoms with Gasteiger partial charge < -0.3 is 9.80 Å². The maximum absolute atomic E-state index is 13.7. The maximum Gasteiger partial charge on any atom is 0.257 e. The Kier molecular flexibility index (Phi) is 6.28. The van der Waals surface area contributed by atoms with E-state index in [2.05, 4.69) is 28.0 Å². The number of hydrogen-bond acceptors (Lipinski definition) is 4. The van der Waals surface area contributed by atoms with Gasteiger partial charge in [-0.25, -0.2) is 4.98 Å². The van der Waals surface area contributed by atoms with Crippen LogP contribution in [-0.4, -0.2) is 60.0 Å². The minimum absolute atomic E-state index is 0.110. The first-order chi connectivity index (χ1) is 15.7. The van der Waals surface area contributed by atoms with Gasteiger partial charge in [0.25, 0.3) is 5.91 Å². The second-order valence-electron chi connectivity index (χ2n) is 8.79. The standard InChI is InChI=1S/C26H29ClN4O/c27-22-10-8-20(9-11-22)19-29-12-5-15-31(17-16-29)26(32)23-18-21-6-1-2-7-24(21)28-25(23)30-13-3-4-14-30/h1-2,6-11,18H,3-5,12-17,19H2. The van der Waals surface area contributed by atoms with Crippen molar-refractivity contribution in [3.63, 3.8) is 0 Å². The lowest BCUT2D eigenvalue weighted by Gasteiger charge is -2.25. The summed E-state index contributed by atoms with van der Waals surface area (Å²) in [6.45, 7) is 6.20. The summed E-state index contributed by atoms with van der Waals surface area (Å²) in [5, 5.41) is 1.79. The van der Waals surface area contributed by atoms with E-state index >= 15 is 0 Å². The van der Waals surface area contributed by atoms with Crippen LogP contribution in [0.2, 0.25) is 5.02 Å². The topological polar surface area (TPSA) is 39.7 Å². The first-order valence-electron chi connectivity index (χ1n) is 11.6. The van der Waals surface area contributed by atoms with E-state index in [9.17, 15) is 4.79 Å². The summed E-state index contributed by atoms with van der Waals surface area (Å²) < 4.78 is 0. The van der Waals surface area contributed by atoms with Crippen molar-refractivity contribution in [2.75, 3.05) is 44.2 Å². The van der Waals surface area contributed by atoms with Crippen molar-refractivity contribution in [1.82, 2.24) is 14.8 Å². The SMILES string of the molecule is O=C(c1cc2ccccc2nc1N1CCCC1)N1CCCN(Cc2ccc(Cl)cc2)CC1. The zero-order valence-electron chi connectivity index (χ0n) is 18.3. The number of halogens is 1. The smallest absolute Gasteiger partial charge is 0.257 e. The monoisotopic (exact) mass is 448 g/mol. The van der Waals surface area contributed by atoms with Gasteiger partial charge in [-0.1, -0.05) is 41.9 Å². The molecule has 0 aliphatic carbocycles. The molecule has 3 aromatic rings. The summed E-state index contributed by atoms with van der Waals surface area (Å²) >= 11 is 6.02. The molecule has 32 heavy (non-hydrogen) atoms. The van der Waals surface area contributed by atoms with Crippen molar-refractivity contribution in [1.29, 1.82) is 0 Å². The first-order valence-corrected chi connectivity index (χ1v) is 12.0.